The summed E-state index contributed by atoms with van der Waals surface area (Å²) in [5.74, 6) is 1.38. The van der Waals surface area contributed by atoms with Gasteiger partial charge in [0, 0.05) is 24.2 Å². The van der Waals surface area contributed by atoms with E-state index in [0.717, 1.165) is 74.0 Å². The Kier molecular flexibility index (Phi) is 7.21. The number of aromatic nitrogens is 3. The lowest BCUT2D eigenvalue weighted by atomic mass is 9.95. The molecule has 1 atom stereocenters. The van der Waals surface area contributed by atoms with Gasteiger partial charge in [-0.25, -0.2) is 9.97 Å². The Bertz CT molecular complexity index is 1280. The van der Waals surface area contributed by atoms with Gasteiger partial charge in [-0.2, -0.15) is 5.26 Å². The number of carbonyl (C=O) groups is 1. The zero-order chi connectivity index (χ0) is 24.2. The molecule has 2 aliphatic rings. The van der Waals surface area contributed by atoms with Crippen molar-refractivity contribution in [2.24, 2.45) is 0 Å². The van der Waals surface area contributed by atoms with Crippen LogP contribution in [-0.2, 0) is 28.9 Å². The van der Waals surface area contributed by atoms with Crippen molar-refractivity contribution in [3.63, 3.8) is 0 Å². The maximum absolute atomic E-state index is 13.1. The standard InChI is InChI=1S/C26H30N6O2S/c1-2-28-24-19-10-3-5-11-21(19)29-26(31-24)35-16-23(33)30-25-20(14-27)18-9-4-6-12-22(18)32(25)15-17-8-7-13-34-17/h3,5,10-11,17H,2,4,6-9,12-13,15-16H2,1H3,(H,30,33)(H,28,29,31)/t17-/m1/s1. The van der Waals surface area contributed by atoms with Crippen LogP contribution in [0.15, 0.2) is 29.4 Å². The second kappa shape index (κ2) is 10.7. The van der Waals surface area contributed by atoms with Crippen molar-refractivity contribution >= 4 is 40.2 Å². The van der Waals surface area contributed by atoms with E-state index in [9.17, 15) is 10.1 Å². The topological polar surface area (TPSA) is 105 Å². The minimum absolute atomic E-state index is 0.125. The van der Waals surface area contributed by atoms with Gasteiger partial charge < -0.3 is 19.9 Å². The molecule has 1 aliphatic heterocycles. The van der Waals surface area contributed by atoms with Gasteiger partial charge in [0.25, 0.3) is 0 Å². The van der Waals surface area contributed by atoms with Crippen molar-refractivity contribution in [1.29, 1.82) is 5.26 Å². The molecule has 1 aromatic carbocycles. The quantitative estimate of drug-likeness (QED) is 0.353. The van der Waals surface area contributed by atoms with Crippen molar-refractivity contribution in [2.75, 3.05) is 29.5 Å². The Balaban J connectivity index is 1.36. The van der Waals surface area contributed by atoms with E-state index in [4.69, 9.17) is 4.74 Å². The zero-order valence-corrected chi connectivity index (χ0v) is 20.8. The van der Waals surface area contributed by atoms with Crippen LogP contribution in [0.25, 0.3) is 10.9 Å². The molecule has 2 N–H and O–H groups in total. The fraction of sp³-hybridized carbons (Fsp3) is 0.462. The van der Waals surface area contributed by atoms with Crippen LogP contribution >= 0.6 is 11.8 Å². The predicted octanol–water partition coefficient (Wildman–Crippen LogP) is 4.52. The molecule has 3 aromatic rings. The smallest absolute Gasteiger partial charge is 0.235 e. The van der Waals surface area contributed by atoms with Crippen molar-refractivity contribution < 1.29 is 9.53 Å². The molecular formula is C26H30N6O2S. The van der Waals surface area contributed by atoms with Gasteiger partial charge in [-0.1, -0.05) is 23.9 Å². The summed E-state index contributed by atoms with van der Waals surface area (Å²) in [6.07, 6.45) is 6.17. The number of ether oxygens (including phenoxy) is 1. The maximum atomic E-state index is 13.1. The third-order valence-corrected chi connectivity index (χ3v) is 7.46. The number of nitriles is 1. The monoisotopic (exact) mass is 490 g/mol. The van der Waals surface area contributed by atoms with E-state index in [2.05, 4.69) is 31.2 Å². The number of hydrogen-bond donors (Lipinski definition) is 2. The average Bonchev–Trinajstić information content (AvgIpc) is 3.49. The molecule has 5 rings (SSSR count). The molecule has 35 heavy (non-hydrogen) atoms. The van der Waals surface area contributed by atoms with Gasteiger partial charge in [-0.3, -0.25) is 4.79 Å². The highest BCUT2D eigenvalue weighted by atomic mass is 32.2. The molecule has 9 heteroatoms. The van der Waals surface area contributed by atoms with Gasteiger partial charge in [0.1, 0.15) is 17.7 Å². The number of amides is 1. The van der Waals surface area contributed by atoms with Gasteiger partial charge in [-0.05, 0) is 63.1 Å². The number of fused-ring (bicyclic) bond motifs is 2. The lowest BCUT2D eigenvalue weighted by molar-refractivity contribution is -0.113. The third kappa shape index (κ3) is 5.00. The van der Waals surface area contributed by atoms with Crippen LogP contribution in [0, 0.1) is 11.3 Å². The second-order valence-electron chi connectivity index (χ2n) is 8.95. The highest BCUT2D eigenvalue weighted by Gasteiger charge is 2.28. The van der Waals surface area contributed by atoms with Crippen LogP contribution in [0.4, 0.5) is 11.6 Å². The summed E-state index contributed by atoms with van der Waals surface area (Å²) in [6.45, 7) is 4.22. The predicted molar refractivity (Wildman–Crippen MR) is 138 cm³/mol. The lowest BCUT2D eigenvalue weighted by Crippen LogP contribution is -2.23. The summed E-state index contributed by atoms with van der Waals surface area (Å²) in [5, 5.41) is 17.8. The van der Waals surface area contributed by atoms with E-state index in [1.807, 2.05) is 31.2 Å². The lowest BCUT2D eigenvalue weighted by Gasteiger charge is -2.19. The molecular weight excluding hydrogens is 460 g/mol. The van der Waals surface area contributed by atoms with Crippen LogP contribution < -0.4 is 10.6 Å². The number of nitrogens with zero attached hydrogens (tertiary/aromatic N) is 4. The Labute approximate surface area is 209 Å². The van der Waals surface area contributed by atoms with Crippen LogP contribution in [0.2, 0.25) is 0 Å². The Morgan fingerprint density at radius 3 is 2.91 bits per heavy atom. The third-order valence-electron chi connectivity index (χ3n) is 6.61. The Morgan fingerprint density at radius 1 is 1.26 bits per heavy atom. The molecule has 0 saturated carbocycles. The molecule has 2 aromatic heterocycles. The fourth-order valence-corrected chi connectivity index (χ4v) is 5.68. The first-order valence-electron chi connectivity index (χ1n) is 12.4. The number of benzene rings is 1. The minimum atomic E-state index is -0.170. The minimum Gasteiger partial charge on any atom is -0.376 e. The van der Waals surface area contributed by atoms with E-state index >= 15 is 0 Å². The van der Waals surface area contributed by atoms with E-state index < -0.39 is 0 Å². The molecule has 0 unspecified atom stereocenters. The molecule has 0 bridgehead atoms. The number of hydrogen-bond acceptors (Lipinski definition) is 7. The number of nitrogens with one attached hydrogen (secondary N) is 2. The highest BCUT2D eigenvalue weighted by molar-refractivity contribution is 7.99. The molecule has 0 radical (unpaired) electrons. The molecule has 3 heterocycles. The fourth-order valence-electron chi connectivity index (χ4n) is 5.03. The summed E-state index contributed by atoms with van der Waals surface area (Å²) < 4.78 is 8.02. The van der Waals surface area contributed by atoms with E-state index in [1.54, 1.807) is 0 Å². The molecule has 0 spiro atoms. The van der Waals surface area contributed by atoms with Gasteiger partial charge in [0.15, 0.2) is 5.16 Å². The van der Waals surface area contributed by atoms with Crippen molar-refractivity contribution in [3.05, 3.63) is 41.1 Å². The Morgan fingerprint density at radius 2 is 2.11 bits per heavy atom. The van der Waals surface area contributed by atoms with Crippen LogP contribution in [0.3, 0.4) is 0 Å². The van der Waals surface area contributed by atoms with E-state index in [-0.39, 0.29) is 17.8 Å². The summed E-state index contributed by atoms with van der Waals surface area (Å²) in [7, 11) is 0. The van der Waals surface area contributed by atoms with Crippen molar-refractivity contribution in [1.82, 2.24) is 14.5 Å². The summed E-state index contributed by atoms with van der Waals surface area (Å²) in [4.78, 5) is 22.3. The van der Waals surface area contributed by atoms with Crippen LogP contribution in [-0.4, -0.2) is 45.5 Å². The summed E-state index contributed by atoms with van der Waals surface area (Å²) in [5.41, 5.74) is 3.71. The average molecular weight is 491 g/mol. The van der Waals surface area contributed by atoms with Gasteiger partial charge >= 0.3 is 0 Å². The molecule has 1 aliphatic carbocycles. The van der Waals surface area contributed by atoms with Crippen LogP contribution in [0.5, 0.6) is 0 Å². The van der Waals surface area contributed by atoms with E-state index in [1.165, 1.54) is 17.5 Å². The van der Waals surface area contributed by atoms with Gasteiger partial charge in [-0.15, -0.1) is 0 Å². The van der Waals surface area contributed by atoms with Gasteiger partial charge in [0.05, 0.1) is 29.5 Å². The first-order chi connectivity index (χ1) is 17.2. The normalized spacial score (nSPS) is 17.2. The summed E-state index contributed by atoms with van der Waals surface area (Å²) in [6, 6.07) is 10.2. The molecule has 1 saturated heterocycles. The number of rotatable bonds is 8. The SMILES string of the molecule is CCNc1nc(SCC(=O)Nc2c(C#N)c3c(n2C[C@H]2CCCO2)CCCC3)nc2ccccc12. The molecule has 182 valence electrons. The van der Waals surface area contributed by atoms with Crippen LogP contribution in [0.1, 0.15) is 49.4 Å². The van der Waals surface area contributed by atoms with Gasteiger partial charge in [0.2, 0.25) is 5.91 Å². The first-order valence-corrected chi connectivity index (χ1v) is 13.4. The Hall–Kier alpha value is -3.09. The maximum Gasteiger partial charge on any atom is 0.235 e. The molecule has 1 fully saturated rings. The second-order valence-corrected chi connectivity index (χ2v) is 9.90. The largest absolute Gasteiger partial charge is 0.376 e. The zero-order valence-electron chi connectivity index (χ0n) is 20.0. The number of para-hydroxylation sites is 1. The highest BCUT2D eigenvalue weighted by Crippen LogP contribution is 2.34. The number of thioether (sulfide) groups is 1. The van der Waals surface area contributed by atoms with Crippen molar-refractivity contribution in [3.8, 4) is 6.07 Å². The summed E-state index contributed by atoms with van der Waals surface area (Å²) >= 11 is 1.30. The van der Waals surface area contributed by atoms with E-state index in [0.29, 0.717) is 23.1 Å². The number of anilines is 2. The van der Waals surface area contributed by atoms with Crippen molar-refractivity contribution in [2.45, 2.75) is 63.3 Å². The number of carbonyl (C=O) groups excluding carboxylic acids is 1. The first kappa shape index (κ1) is 23.6. The molecule has 1 amide bonds. The molecule has 8 nitrogen and oxygen atoms in total.